The predicted octanol–water partition coefficient (Wildman–Crippen LogP) is -0.201. The summed E-state index contributed by atoms with van der Waals surface area (Å²) in [7, 11) is 0. The van der Waals surface area contributed by atoms with Crippen molar-refractivity contribution in [1.29, 1.82) is 0 Å². The lowest BCUT2D eigenvalue weighted by Crippen LogP contribution is -2.48. The summed E-state index contributed by atoms with van der Waals surface area (Å²) in [4.78, 5) is 29.2. The van der Waals surface area contributed by atoms with Gasteiger partial charge in [-0.2, -0.15) is 0 Å². The normalized spacial score (nSPS) is 22.1. The molecule has 0 unspecified atom stereocenters. The van der Waals surface area contributed by atoms with E-state index < -0.39 is 0 Å². The highest BCUT2D eigenvalue weighted by Crippen LogP contribution is 2.31. The second-order valence-corrected chi connectivity index (χ2v) is 7.19. The van der Waals surface area contributed by atoms with Crippen molar-refractivity contribution in [2.24, 2.45) is 5.92 Å². The molecule has 2 aliphatic heterocycles. The maximum Gasteiger partial charge on any atom is 0.224 e. The molecule has 0 aliphatic carbocycles. The van der Waals surface area contributed by atoms with Crippen LogP contribution in [0.4, 0.5) is 0 Å². The highest BCUT2D eigenvalue weighted by molar-refractivity contribution is 5.78. The molecule has 0 saturated carbocycles. The summed E-state index contributed by atoms with van der Waals surface area (Å²) in [6.45, 7) is 3.22. The van der Waals surface area contributed by atoms with Crippen molar-refractivity contribution in [3.63, 3.8) is 0 Å². The monoisotopic (exact) mass is 372 g/mol. The molecule has 144 valence electrons. The van der Waals surface area contributed by atoms with Crippen LogP contribution in [0.5, 0.6) is 0 Å². The molecule has 2 aromatic heterocycles. The number of piperidine rings is 1. The van der Waals surface area contributed by atoms with Gasteiger partial charge in [-0.05, 0) is 18.8 Å². The molecule has 10 nitrogen and oxygen atoms in total. The lowest BCUT2D eigenvalue weighted by atomic mass is 9.92. The lowest BCUT2D eigenvalue weighted by Gasteiger charge is -2.36. The number of hydrogen-bond donors (Lipinski definition) is 0. The van der Waals surface area contributed by atoms with Gasteiger partial charge in [0, 0.05) is 44.9 Å². The van der Waals surface area contributed by atoms with Crippen LogP contribution in [0.3, 0.4) is 0 Å². The van der Waals surface area contributed by atoms with E-state index in [9.17, 15) is 9.59 Å². The zero-order valence-corrected chi connectivity index (χ0v) is 15.2. The van der Waals surface area contributed by atoms with E-state index in [0.29, 0.717) is 38.4 Å². The molecule has 2 fully saturated rings. The van der Waals surface area contributed by atoms with E-state index in [1.165, 1.54) is 0 Å². The molecule has 0 N–H and O–H groups in total. The maximum atomic E-state index is 12.7. The fraction of sp³-hybridized carbons (Fsp3) is 0.647. The third kappa shape index (κ3) is 3.99. The molecule has 2 atom stereocenters. The van der Waals surface area contributed by atoms with Crippen LogP contribution in [0.1, 0.15) is 25.7 Å². The number of carbonyl (C=O) groups is 2. The minimum Gasteiger partial charge on any atom is -0.340 e. The summed E-state index contributed by atoms with van der Waals surface area (Å²) < 4.78 is 3.34. The Labute approximate surface area is 157 Å². The van der Waals surface area contributed by atoms with Gasteiger partial charge in [-0.1, -0.05) is 10.4 Å². The van der Waals surface area contributed by atoms with Crippen LogP contribution < -0.4 is 0 Å². The average molecular weight is 372 g/mol. The molecule has 0 bridgehead atoms. The number of aromatic nitrogens is 6. The summed E-state index contributed by atoms with van der Waals surface area (Å²) in [5.74, 6) is 0.636. The quantitative estimate of drug-likeness (QED) is 0.696. The molecule has 0 radical (unpaired) electrons. The molecule has 2 saturated heterocycles. The van der Waals surface area contributed by atoms with E-state index in [1.807, 2.05) is 9.80 Å². The fourth-order valence-corrected chi connectivity index (χ4v) is 4.12. The van der Waals surface area contributed by atoms with Crippen molar-refractivity contribution in [2.75, 3.05) is 19.6 Å². The van der Waals surface area contributed by atoms with Gasteiger partial charge in [-0.3, -0.25) is 19.0 Å². The summed E-state index contributed by atoms with van der Waals surface area (Å²) in [6, 6.07) is 0.136. The molecule has 0 spiro atoms. The van der Waals surface area contributed by atoms with Crippen LogP contribution in [0.25, 0.3) is 0 Å². The molecular weight excluding hydrogens is 348 g/mol. The second kappa shape index (κ2) is 7.85. The van der Waals surface area contributed by atoms with Crippen molar-refractivity contribution in [1.82, 2.24) is 39.8 Å². The van der Waals surface area contributed by atoms with Crippen molar-refractivity contribution in [2.45, 2.75) is 44.8 Å². The zero-order chi connectivity index (χ0) is 18.6. The zero-order valence-electron chi connectivity index (χ0n) is 15.2. The Bertz CT molecular complexity index is 760. The van der Waals surface area contributed by atoms with E-state index in [0.717, 1.165) is 25.9 Å². The standard InChI is InChI=1S/C17H24N8O2/c26-16(3-8-23-10-5-18-20-23)22-12-14-2-1-7-25(15(14)13-22)17(27)4-9-24-11-6-19-21-24/h5-6,10-11,14-15H,1-4,7-9,12-13H2/t14-,15+/m0/s1. The number of rotatable bonds is 6. The Morgan fingerprint density at radius 3 is 2.22 bits per heavy atom. The first-order valence-corrected chi connectivity index (χ1v) is 9.46. The number of amides is 2. The highest BCUT2D eigenvalue weighted by atomic mass is 16.2. The van der Waals surface area contributed by atoms with Gasteiger partial charge in [0.2, 0.25) is 11.8 Å². The van der Waals surface area contributed by atoms with E-state index in [2.05, 4.69) is 20.6 Å². The number of nitrogens with zero attached hydrogens (tertiary/aromatic N) is 8. The molecule has 4 rings (SSSR count). The van der Waals surface area contributed by atoms with Crippen molar-refractivity contribution in [3.8, 4) is 0 Å². The van der Waals surface area contributed by atoms with Crippen LogP contribution in [-0.4, -0.2) is 77.3 Å². The van der Waals surface area contributed by atoms with Gasteiger partial charge in [0.25, 0.3) is 0 Å². The van der Waals surface area contributed by atoms with E-state index in [1.54, 1.807) is 34.2 Å². The van der Waals surface area contributed by atoms with Crippen LogP contribution in [0, 0.1) is 5.92 Å². The van der Waals surface area contributed by atoms with Crippen LogP contribution in [0.15, 0.2) is 24.8 Å². The SMILES string of the molecule is O=C(CCn1ccnn1)N1C[C@@H]2CCCN(C(=O)CCn3ccnn3)[C@@H]2C1. The summed E-state index contributed by atoms with van der Waals surface area (Å²) >= 11 is 0. The summed E-state index contributed by atoms with van der Waals surface area (Å²) in [6.07, 6.45) is 9.63. The number of likely N-dealkylation sites (tertiary alicyclic amines) is 2. The number of aryl methyl sites for hydroxylation is 2. The molecule has 0 aromatic carbocycles. The minimum absolute atomic E-state index is 0.120. The first-order valence-electron chi connectivity index (χ1n) is 9.46. The largest absolute Gasteiger partial charge is 0.340 e. The second-order valence-electron chi connectivity index (χ2n) is 7.19. The van der Waals surface area contributed by atoms with Gasteiger partial charge in [0.05, 0.1) is 31.5 Å². The topological polar surface area (TPSA) is 102 Å². The Morgan fingerprint density at radius 2 is 1.59 bits per heavy atom. The Kier molecular flexibility index (Phi) is 5.12. The number of hydrogen-bond acceptors (Lipinski definition) is 6. The number of carbonyl (C=O) groups excluding carboxylic acids is 2. The predicted molar refractivity (Wildman–Crippen MR) is 94.1 cm³/mol. The molecule has 2 amide bonds. The lowest BCUT2D eigenvalue weighted by molar-refractivity contribution is -0.136. The van der Waals surface area contributed by atoms with Crippen LogP contribution in [0.2, 0.25) is 0 Å². The van der Waals surface area contributed by atoms with Crippen LogP contribution in [-0.2, 0) is 22.7 Å². The van der Waals surface area contributed by atoms with E-state index >= 15 is 0 Å². The smallest absolute Gasteiger partial charge is 0.224 e. The Balaban J connectivity index is 1.32. The van der Waals surface area contributed by atoms with Crippen molar-refractivity contribution >= 4 is 11.8 Å². The molecule has 2 aromatic rings. The Morgan fingerprint density at radius 1 is 0.926 bits per heavy atom. The first-order chi connectivity index (χ1) is 13.2. The molecule has 4 heterocycles. The van der Waals surface area contributed by atoms with E-state index in [4.69, 9.17) is 0 Å². The molecule has 27 heavy (non-hydrogen) atoms. The van der Waals surface area contributed by atoms with Gasteiger partial charge in [-0.25, -0.2) is 0 Å². The highest BCUT2D eigenvalue weighted by Gasteiger charge is 2.42. The fourth-order valence-electron chi connectivity index (χ4n) is 4.12. The maximum absolute atomic E-state index is 12.7. The van der Waals surface area contributed by atoms with Gasteiger partial charge in [0.15, 0.2) is 0 Å². The van der Waals surface area contributed by atoms with Crippen molar-refractivity contribution < 1.29 is 9.59 Å². The average Bonchev–Trinajstić information content (AvgIpc) is 3.44. The minimum atomic E-state index is 0.120. The summed E-state index contributed by atoms with van der Waals surface area (Å²) in [5, 5.41) is 15.3. The molecule has 2 aliphatic rings. The van der Waals surface area contributed by atoms with Gasteiger partial charge in [-0.15, -0.1) is 10.2 Å². The van der Waals surface area contributed by atoms with Crippen LogP contribution >= 0.6 is 0 Å². The third-order valence-electron chi connectivity index (χ3n) is 5.51. The molecule has 10 heteroatoms. The third-order valence-corrected chi connectivity index (χ3v) is 5.51. The number of fused-ring (bicyclic) bond motifs is 1. The molecular formula is C17H24N8O2. The van der Waals surface area contributed by atoms with Gasteiger partial charge < -0.3 is 9.80 Å². The first kappa shape index (κ1) is 17.6. The summed E-state index contributed by atoms with van der Waals surface area (Å²) in [5.41, 5.74) is 0. The Hall–Kier alpha value is -2.78. The van der Waals surface area contributed by atoms with E-state index in [-0.39, 0.29) is 17.9 Å². The van der Waals surface area contributed by atoms with Gasteiger partial charge in [0.1, 0.15) is 0 Å². The van der Waals surface area contributed by atoms with Crippen molar-refractivity contribution in [3.05, 3.63) is 24.8 Å². The van der Waals surface area contributed by atoms with Gasteiger partial charge >= 0.3 is 0 Å².